The highest BCUT2D eigenvalue weighted by atomic mass is 35.5. The molecule has 1 rings (SSSR count). The van der Waals surface area contributed by atoms with Crippen molar-refractivity contribution < 1.29 is 4.39 Å². The first-order valence-electron chi connectivity index (χ1n) is 3.78. The van der Waals surface area contributed by atoms with E-state index >= 15 is 0 Å². The summed E-state index contributed by atoms with van der Waals surface area (Å²) in [5, 5.41) is 9.14. The lowest BCUT2D eigenvalue weighted by Crippen LogP contribution is -2.00. The number of hydrogen-bond acceptors (Lipinski definition) is 1. The van der Waals surface area contributed by atoms with Gasteiger partial charge in [-0.05, 0) is 11.6 Å². The summed E-state index contributed by atoms with van der Waals surface area (Å²) in [6.07, 6.45) is 0. The average Bonchev–Trinajstić information content (AvgIpc) is 2.16. The van der Waals surface area contributed by atoms with E-state index in [2.05, 4.69) is 0 Å². The Balaban J connectivity index is 3.22. The van der Waals surface area contributed by atoms with Gasteiger partial charge in [-0.3, -0.25) is 4.39 Å². The third kappa shape index (κ3) is 1.99. The van der Waals surface area contributed by atoms with Crippen LogP contribution in [-0.4, -0.2) is 6.67 Å². The fourth-order valence-corrected chi connectivity index (χ4v) is 1.28. The first kappa shape index (κ1) is 10.0. The van der Waals surface area contributed by atoms with Crippen LogP contribution in [0.3, 0.4) is 0 Å². The Morgan fingerprint density at radius 1 is 1.62 bits per heavy atom. The number of benzene rings is 1. The Labute approximate surface area is 81.8 Å². The standard InChI is InChI=1S/C10H8ClFN/c1-7(5-12)8-3-2-4-10(11)9(8)6-13/h2-4H,5H2,1H3. The van der Waals surface area contributed by atoms with Crippen molar-refractivity contribution in [1.82, 2.24) is 0 Å². The summed E-state index contributed by atoms with van der Waals surface area (Å²) in [4.78, 5) is 0. The van der Waals surface area contributed by atoms with Crippen LogP contribution >= 0.6 is 11.6 Å². The fraction of sp³-hybridized carbons (Fsp3) is 0.200. The second kappa shape index (κ2) is 4.25. The Bertz CT molecular complexity index is 343. The van der Waals surface area contributed by atoms with Crippen molar-refractivity contribution in [2.75, 3.05) is 6.67 Å². The number of nitrogens with zero attached hydrogens (tertiary/aromatic N) is 1. The first-order valence-corrected chi connectivity index (χ1v) is 4.16. The summed E-state index contributed by atoms with van der Waals surface area (Å²) in [5.41, 5.74) is 0.941. The highest BCUT2D eigenvalue weighted by Gasteiger charge is 2.12. The largest absolute Gasteiger partial charge is 0.250 e. The average molecular weight is 197 g/mol. The summed E-state index contributed by atoms with van der Waals surface area (Å²) in [6.45, 7) is 1.08. The molecule has 3 heteroatoms. The lowest BCUT2D eigenvalue weighted by molar-refractivity contribution is 0.516. The Morgan fingerprint density at radius 3 is 2.85 bits per heavy atom. The van der Waals surface area contributed by atoms with Crippen LogP contribution in [0.15, 0.2) is 18.2 Å². The van der Waals surface area contributed by atoms with E-state index in [0.717, 1.165) is 0 Å². The predicted molar refractivity (Wildman–Crippen MR) is 50.2 cm³/mol. The van der Waals surface area contributed by atoms with E-state index in [4.69, 9.17) is 16.9 Å². The van der Waals surface area contributed by atoms with Crippen LogP contribution in [0.1, 0.15) is 18.1 Å². The van der Waals surface area contributed by atoms with Gasteiger partial charge in [0.15, 0.2) is 0 Å². The van der Waals surface area contributed by atoms with E-state index in [9.17, 15) is 4.39 Å². The van der Waals surface area contributed by atoms with Crippen molar-refractivity contribution in [3.63, 3.8) is 0 Å². The second-order valence-electron chi connectivity index (χ2n) is 2.69. The zero-order valence-corrected chi connectivity index (χ0v) is 7.90. The van der Waals surface area contributed by atoms with Gasteiger partial charge >= 0.3 is 0 Å². The minimum atomic E-state index is -0.560. The molecule has 0 aromatic heterocycles. The van der Waals surface area contributed by atoms with E-state index in [-0.39, 0.29) is 0 Å². The molecule has 67 valence electrons. The summed E-state index contributed by atoms with van der Waals surface area (Å²) in [7, 11) is 0. The fourth-order valence-electron chi connectivity index (χ4n) is 1.07. The van der Waals surface area contributed by atoms with Crippen molar-refractivity contribution in [1.29, 1.82) is 5.26 Å². The molecule has 0 atom stereocenters. The number of halogens is 2. The van der Waals surface area contributed by atoms with Crippen LogP contribution in [-0.2, 0) is 0 Å². The second-order valence-corrected chi connectivity index (χ2v) is 3.10. The SMILES string of the molecule is C[C](CF)c1cccc(Cl)c1C#N. The molecule has 0 aliphatic rings. The Morgan fingerprint density at radius 2 is 2.31 bits per heavy atom. The van der Waals surface area contributed by atoms with Crippen LogP contribution in [0.2, 0.25) is 5.02 Å². The molecule has 0 bridgehead atoms. The zero-order valence-electron chi connectivity index (χ0n) is 7.14. The summed E-state index contributed by atoms with van der Waals surface area (Å²) < 4.78 is 12.3. The minimum absolute atomic E-state index is 0.347. The summed E-state index contributed by atoms with van der Waals surface area (Å²) in [6, 6.07) is 6.98. The van der Waals surface area contributed by atoms with E-state index in [0.29, 0.717) is 22.1 Å². The van der Waals surface area contributed by atoms with Gasteiger partial charge in [-0.2, -0.15) is 5.26 Å². The molecule has 13 heavy (non-hydrogen) atoms. The molecule has 0 aliphatic heterocycles. The van der Waals surface area contributed by atoms with Crippen LogP contribution < -0.4 is 0 Å². The quantitative estimate of drug-likeness (QED) is 0.713. The Kier molecular flexibility index (Phi) is 3.27. The third-order valence-electron chi connectivity index (χ3n) is 1.79. The number of hydrogen-bond donors (Lipinski definition) is 0. The minimum Gasteiger partial charge on any atom is -0.250 e. The van der Waals surface area contributed by atoms with Crippen molar-refractivity contribution in [2.24, 2.45) is 0 Å². The van der Waals surface area contributed by atoms with Crippen molar-refractivity contribution in [3.8, 4) is 6.07 Å². The van der Waals surface area contributed by atoms with E-state index in [1.165, 1.54) is 0 Å². The van der Waals surface area contributed by atoms with Crippen LogP contribution in [0, 0.1) is 17.2 Å². The molecule has 1 aromatic rings. The molecule has 0 unspecified atom stereocenters. The molecular weight excluding hydrogens is 189 g/mol. The van der Waals surface area contributed by atoms with Crippen LogP contribution in [0.25, 0.3) is 0 Å². The van der Waals surface area contributed by atoms with Gasteiger partial charge in [-0.1, -0.05) is 30.7 Å². The van der Waals surface area contributed by atoms with Gasteiger partial charge in [0.05, 0.1) is 17.3 Å². The van der Waals surface area contributed by atoms with Gasteiger partial charge in [0, 0.05) is 5.92 Å². The molecule has 0 heterocycles. The molecule has 0 aliphatic carbocycles. The first-order chi connectivity index (χ1) is 6.20. The van der Waals surface area contributed by atoms with Crippen LogP contribution in [0.4, 0.5) is 4.39 Å². The third-order valence-corrected chi connectivity index (χ3v) is 2.10. The Hall–Kier alpha value is -1.07. The molecular formula is C10H8ClFN. The molecule has 0 fully saturated rings. The van der Waals surface area contributed by atoms with Crippen molar-refractivity contribution >= 4 is 11.6 Å². The van der Waals surface area contributed by atoms with Crippen molar-refractivity contribution in [2.45, 2.75) is 6.92 Å². The smallest absolute Gasteiger partial charge is 0.101 e. The van der Waals surface area contributed by atoms with Gasteiger partial charge in [0.1, 0.15) is 6.07 Å². The van der Waals surface area contributed by atoms with Crippen molar-refractivity contribution in [3.05, 3.63) is 40.3 Å². The lowest BCUT2D eigenvalue weighted by Gasteiger charge is -2.08. The van der Waals surface area contributed by atoms with E-state index in [1.54, 1.807) is 25.1 Å². The number of alkyl halides is 1. The van der Waals surface area contributed by atoms with Gasteiger partial charge in [0.2, 0.25) is 0 Å². The van der Waals surface area contributed by atoms with Gasteiger partial charge in [0.25, 0.3) is 0 Å². The summed E-state index contributed by atoms with van der Waals surface area (Å²) in [5.74, 6) is 0.527. The molecule has 0 amide bonds. The maximum absolute atomic E-state index is 12.3. The van der Waals surface area contributed by atoms with Gasteiger partial charge in [-0.15, -0.1) is 0 Å². The number of nitriles is 1. The summed E-state index contributed by atoms with van der Waals surface area (Å²) >= 11 is 5.77. The molecule has 1 nitrogen and oxygen atoms in total. The normalized spacial score (nSPS) is 10.1. The van der Waals surface area contributed by atoms with E-state index in [1.807, 2.05) is 6.07 Å². The maximum atomic E-state index is 12.3. The highest BCUT2D eigenvalue weighted by Crippen LogP contribution is 2.24. The molecule has 0 saturated carbocycles. The zero-order chi connectivity index (χ0) is 9.84. The molecule has 0 saturated heterocycles. The molecule has 1 aromatic carbocycles. The lowest BCUT2D eigenvalue weighted by atomic mass is 9.97. The van der Waals surface area contributed by atoms with Gasteiger partial charge < -0.3 is 0 Å². The monoisotopic (exact) mass is 196 g/mol. The molecule has 0 spiro atoms. The highest BCUT2D eigenvalue weighted by molar-refractivity contribution is 6.31. The predicted octanol–water partition coefficient (Wildman–Crippen LogP) is 3.12. The van der Waals surface area contributed by atoms with Gasteiger partial charge in [-0.25, -0.2) is 0 Å². The molecule has 0 N–H and O–H groups in total. The molecule has 1 radical (unpaired) electrons. The maximum Gasteiger partial charge on any atom is 0.101 e. The number of rotatable bonds is 2. The van der Waals surface area contributed by atoms with E-state index < -0.39 is 6.67 Å². The topological polar surface area (TPSA) is 23.8 Å². The van der Waals surface area contributed by atoms with Crippen LogP contribution in [0.5, 0.6) is 0 Å².